The van der Waals surface area contributed by atoms with Crippen molar-refractivity contribution < 1.29 is 4.42 Å². The second kappa shape index (κ2) is 7.87. The summed E-state index contributed by atoms with van der Waals surface area (Å²) in [6.07, 6.45) is 1.90. The van der Waals surface area contributed by atoms with Crippen LogP contribution in [-0.2, 0) is 6.42 Å². The van der Waals surface area contributed by atoms with Gasteiger partial charge in [0.15, 0.2) is 0 Å². The van der Waals surface area contributed by atoms with Gasteiger partial charge in [-0.25, -0.2) is 4.79 Å². The maximum atomic E-state index is 12.8. The van der Waals surface area contributed by atoms with Crippen molar-refractivity contribution in [1.29, 1.82) is 0 Å². The van der Waals surface area contributed by atoms with E-state index in [4.69, 9.17) is 10.2 Å². The normalized spacial score (nSPS) is 11.1. The number of hydrogen-bond acceptors (Lipinski definition) is 4. The zero-order chi connectivity index (χ0) is 19.6. The van der Waals surface area contributed by atoms with E-state index in [9.17, 15) is 4.79 Å². The summed E-state index contributed by atoms with van der Waals surface area (Å²) in [5.41, 5.74) is 11.8. The van der Waals surface area contributed by atoms with Crippen molar-refractivity contribution in [2.45, 2.75) is 40.5 Å². The first-order valence-corrected chi connectivity index (χ1v) is 9.71. The van der Waals surface area contributed by atoms with Gasteiger partial charge >= 0.3 is 5.63 Å². The van der Waals surface area contributed by atoms with Crippen LogP contribution in [0.3, 0.4) is 0 Å². The molecule has 142 valence electrons. The maximum Gasteiger partial charge on any atom is 0.344 e. The molecule has 0 aliphatic heterocycles. The van der Waals surface area contributed by atoms with Crippen LogP contribution in [0.25, 0.3) is 22.1 Å². The Kier molecular flexibility index (Phi) is 5.54. The smallest absolute Gasteiger partial charge is 0.344 e. The van der Waals surface area contributed by atoms with Gasteiger partial charge in [0.25, 0.3) is 0 Å². The average molecular weight is 364 g/mol. The first-order chi connectivity index (χ1) is 13.0. The highest BCUT2D eigenvalue weighted by molar-refractivity contribution is 5.89. The van der Waals surface area contributed by atoms with Crippen LogP contribution in [0.2, 0.25) is 0 Å². The Morgan fingerprint density at radius 1 is 1.04 bits per heavy atom. The molecule has 0 bridgehead atoms. The highest BCUT2D eigenvalue weighted by Crippen LogP contribution is 2.31. The molecule has 0 saturated heterocycles. The average Bonchev–Trinajstić information content (AvgIpc) is 2.65. The van der Waals surface area contributed by atoms with Gasteiger partial charge in [-0.15, -0.1) is 0 Å². The van der Waals surface area contributed by atoms with Gasteiger partial charge in [0.1, 0.15) is 5.58 Å². The zero-order valence-corrected chi connectivity index (χ0v) is 16.6. The molecule has 4 nitrogen and oxygen atoms in total. The summed E-state index contributed by atoms with van der Waals surface area (Å²) < 4.78 is 5.72. The SMILES string of the molecule is CCCc1cc(-c2c(C)c3ccc(N(CC)CC)cc3oc2=O)ccc1N. The summed E-state index contributed by atoms with van der Waals surface area (Å²) in [6.45, 7) is 10.2. The fraction of sp³-hybridized carbons (Fsp3) is 0.348. The second-order valence-corrected chi connectivity index (χ2v) is 6.91. The molecular weight excluding hydrogens is 336 g/mol. The number of benzene rings is 2. The molecule has 2 N–H and O–H groups in total. The van der Waals surface area contributed by atoms with E-state index in [2.05, 4.69) is 37.8 Å². The third-order valence-corrected chi connectivity index (χ3v) is 5.23. The van der Waals surface area contributed by atoms with Crippen LogP contribution < -0.4 is 16.3 Å². The van der Waals surface area contributed by atoms with E-state index >= 15 is 0 Å². The number of hydrogen-bond donors (Lipinski definition) is 1. The summed E-state index contributed by atoms with van der Waals surface area (Å²) in [4.78, 5) is 15.1. The number of rotatable bonds is 6. The molecule has 0 saturated carbocycles. The molecule has 4 heteroatoms. The number of anilines is 2. The van der Waals surface area contributed by atoms with E-state index in [0.29, 0.717) is 11.1 Å². The largest absolute Gasteiger partial charge is 0.422 e. The van der Waals surface area contributed by atoms with Gasteiger partial charge in [-0.1, -0.05) is 19.4 Å². The Hall–Kier alpha value is -2.75. The molecule has 0 atom stereocenters. The molecule has 0 fully saturated rings. The quantitative estimate of drug-likeness (QED) is 0.485. The Labute approximate surface area is 160 Å². The van der Waals surface area contributed by atoms with Crippen molar-refractivity contribution in [3.8, 4) is 11.1 Å². The molecule has 1 heterocycles. The molecule has 27 heavy (non-hydrogen) atoms. The number of aryl methyl sites for hydroxylation is 2. The van der Waals surface area contributed by atoms with E-state index in [0.717, 1.165) is 59.4 Å². The molecular formula is C23H28N2O2. The van der Waals surface area contributed by atoms with Crippen LogP contribution in [0.4, 0.5) is 11.4 Å². The van der Waals surface area contributed by atoms with Crippen molar-refractivity contribution in [2.24, 2.45) is 0 Å². The van der Waals surface area contributed by atoms with Crippen molar-refractivity contribution in [1.82, 2.24) is 0 Å². The monoisotopic (exact) mass is 364 g/mol. The molecule has 0 amide bonds. The second-order valence-electron chi connectivity index (χ2n) is 6.91. The maximum absolute atomic E-state index is 12.8. The molecule has 3 rings (SSSR count). The lowest BCUT2D eigenvalue weighted by Gasteiger charge is -2.21. The van der Waals surface area contributed by atoms with Crippen molar-refractivity contribution in [3.05, 3.63) is 57.9 Å². The Balaban J connectivity index is 2.17. The minimum Gasteiger partial charge on any atom is -0.422 e. The van der Waals surface area contributed by atoms with Gasteiger partial charge in [-0.2, -0.15) is 0 Å². The predicted molar refractivity (Wildman–Crippen MR) is 115 cm³/mol. The van der Waals surface area contributed by atoms with Gasteiger partial charge in [0.2, 0.25) is 0 Å². The molecule has 1 aromatic heterocycles. The van der Waals surface area contributed by atoms with Crippen molar-refractivity contribution in [3.63, 3.8) is 0 Å². The van der Waals surface area contributed by atoms with Gasteiger partial charge in [-0.3, -0.25) is 0 Å². The van der Waals surface area contributed by atoms with Crippen LogP contribution in [0.1, 0.15) is 38.3 Å². The summed E-state index contributed by atoms with van der Waals surface area (Å²) in [6, 6.07) is 11.9. The highest BCUT2D eigenvalue weighted by Gasteiger charge is 2.15. The topological polar surface area (TPSA) is 59.5 Å². The fourth-order valence-corrected chi connectivity index (χ4v) is 3.71. The lowest BCUT2D eigenvalue weighted by atomic mass is 9.96. The minimum absolute atomic E-state index is 0.302. The Morgan fingerprint density at radius 3 is 2.44 bits per heavy atom. The molecule has 0 aliphatic rings. The molecule has 0 unspecified atom stereocenters. The first-order valence-electron chi connectivity index (χ1n) is 9.71. The van der Waals surface area contributed by atoms with E-state index in [-0.39, 0.29) is 5.63 Å². The fourth-order valence-electron chi connectivity index (χ4n) is 3.71. The minimum atomic E-state index is -0.302. The van der Waals surface area contributed by atoms with E-state index in [1.807, 2.05) is 31.2 Å². The molecule has 0 aliphatic carbocycles. The van der Waals surface area contributed by atoms with Gasteiger partial charge in [-0.05, 0) is 68.1 Å². The molecule has 2 aromatic carbocycles. The first kappa shape index (κ1) is 19.0. The number of nitrogens with zero attached hydrogens (tertiary/aromatic N) is 1. The summed E-state index contributed by atoms with van der Waals surface area (Å²) in [7, 11) is 0. The van der Waals surface area contributed by atoms with Gasteiger partial charge in [0, 0.05) is 35.9 Å². The number of nitrogens with two attached hydrogens (primary N) is 1. The van der Waals surface area contributed by atoms with Crippen LogP contribution in [0.5, 0.6) is 0 Å². The van der Waals surface area contributed by atoms with Crippen LogP contribution in [0, 0.1) is 6.92 Å². The van der Waals surface area contributed by atoms with E-state index in [1.165, 1.54) is 0 Å². The van der Waals surface area contributed by atoms with E-state index < -0.39 is 0 Å². The summed E-state index contributed by atoms with van der Waals surface area (Å²) in [5, 5.41) is 0.967. The Bertz CT molecular complexity index is 1020. The summed E-state index contributed by atoms with van der Waals surface area (Å²) >= 11 is 0. The molecule has 0 spiro atoms. The van der Waals surface area contributed by atoms with Crippen LogP contribution in [0.15, 0.2) is 45.6 Å². The van der Waals surface area contributed by atoms with E-state index in [1.54, 1.807) is 0 Å². The van der Waals surface area contributed by atoms with Crippen LogP contribution >= 0.6 is 0 Å². The number of fused-ring (bicyclic) bond motifs is 1. The van der Waals surface area contributed by atoms with Crippen molar-refractivity contribution in [2.75, 3.05) is 23.7 Å². The third-order valence-electron chi connectivity index (χ3n) is 5.23. The van der Waals surface area contributed by atoms with Gasteiger partial charge < -0.3 is 15.1 Å². The lowest BCUT2D eigenvalue weighted by Crippen LogP contribution is -2.21. The predicted octanol–water partition coefficient (Wildman–Crippen LogP) is 5.15. The highest BCUT2D eigenvalue weighted by atomic mass is 16.4. The standard InChI is InChI=1S/C23H28N2O2/c1-5-8-16-13-17(9-12-20(16)24)22-15(4)19-11-10-18(25(6-2)7-3)14-21(19)27-23(22)26/h9-14H,5-8,24H2,1-4H3. The van der Waals surface area contributed by atoms with Crippen molar-refractivity contribution >= 4 is 22.3 Å². The Morgan fingerprint density at radius 2 is 1.78 bits per heavy atom. The molecule has 0 radical (unpaired) electrons. The van der Waals surface area contributed by atoms with Gasteiger partial charge in [0.05, 0.1) is 5.56 Å². The third kappa shape index (κ3) is 3.57. The van der Waals surface area contributed by atoms with Crippen LogP contribution in [-0.4, -0.2) is 13.1 Å². The zero-order valence-electron chi connectivity index (χ0n) is 16.6. The lowest BCUT2D eigenvalue weighted by molar-refractivity contribution is 0.562. The molecule has 3 aromatic rings. The number of nitrogen functional groups attached to an aromatic ring is 1. The summed E-state index contributed by atoms with van der Waals surface area (Å²) in [5.74, 6) is 0.